The Morgan fingerprint density at radius 1 is 1.11 bits per heavy atom. The number of benzene rings is 1. The molecule has 1 aliphatic heterocycles. The van der Waals surface area contributed by atoms with Crippen molar-refractivity contribution >= 4 is 22.7 Å². The zero-order valence-electron chi connectivity index (χ0n) is 11.0. The van der Waals surface area contributed by atoms with Crippen LogP contribution in [0.15, 0.2) is 41.8 Å². The van der Waals surface area contributed by atoms with E-state index in [0.717, 1.165) is 32.8 Å². The summed E-state index contributed by atoms with van der Waals surface area (Å²) in [6.07, 6.45) is 0. The number of rotatable bonds is 4. The first kappa shape index (κ1) is 12.8. The zero-order valence-corrected chi connectivity index (χ0v) is 11.8. The molecule has 0 aliphatic carbocycles. The van der Waals surface area contributed by atoms with Crippen LogP contribution in [0.3, 0.4) is 0 Å². The number of morpholine rings is 1. The second kappa shape index (κ2) is 6.30. The summed E-state index contributed by atoms with van der Waals surface area (Å²) in [5.74, 6) is 0. The second-order valence-corrected chi connectivity index (χ2v) is 5.86. The predicted molar refractivity (Wildman–Crippen MR) is 77.2 cm³/mol. The molecule has 100 valence electrons. The summed E-state index contributed by atoms with van der Waals surface area (Å²) in [4.78, 5) is 2.96. The van der Waals surface area contributed by atoms with E-state index in [1.54, 1.807) is 0 Å². The van der Waals surface area contributed by atoms with Crippen molar-refractivity contribution in [3.8, 4) is 0 Å². The van der Waals surface area contributed by atoms with E-state index in [1.165, 1.54) is 21.2 Å². The monoisotopic (exact) mass is 276 g/mol. The van der Waals surface area contributed by atoms with Crippen molar-refractivity contribution < 1.29 is 15.0 Å². The van der Waals surface area contributed by atoms with Gasteiger partial charge in [0.1, 0.15) is 31.0 Å². The maximum absolute atomic E-state index is 5.40. The zero-order chi connectivity index (χ0) is 12.9. The van der Waals surface area contributed by atoms with Gasteiger partial charge in [-0.1, -0.05) is 6.07 Å². The van der Waals surface area contributed by atoms with E-state index in [0.29, 0.717) is 0 Å². The van der Waals surface area contributed by atoms with Gasteiger partial charge in [-0.15, -0.1) is 11.3 Å². The maximum Gasteiger partial charge on any atom is 0.131 e. The molecule has 0 amide bonds. The highest BCUT2D eigenvalue weighted by Gasteiger charge is 2.16. The molecular formula is C15H20N2OS+2. The average Bonchev–Trinajstić information content (AvgIpc) is 3.00. The van der Waals surface area contributed by atoms with Gasteiger partial charge in [-0.25, -0.2) is 0 Å². The quantitative estimate of drug-likeness (QED) is 0.791. The van der Waals surface area contributed by atoms with Gasteiger partial charge in [-0.2, -0.15) is 0 Å². The van der Waals surface area contributed by atoms with Gasteiger partial charge >= 0.3 is 0 Å². The third-order valence-electron chi connectivity index (χ3n) is 3.53. The molecule has 19 heavy (non-hydrogen) atoms. The topological polar surface area (TPSA) is 30.3 Å². The van der Waals surface area contributed by atoms with E-state index in [2.05, 4.69) is 47.1 Å². The molecule has 4 heteroatoms. The van der Waals surface area contributed by atoms with Crippen LogP contribution in [0.5, 0.6) is 0 Å². The fraction of sp³-hybridized carbons (Fsp3) is 0.333. The molecule has 1 fully saturated rings. The van der Waals surface area contributed by atoms with Crippen molar-refractivity contribution in [1.29, 1.82) is 0 Å². The number of thiophene rings is 1. The molecule has 0 spiro atoms. The largest absolute Gasteiger partial charge is 0.370 e. The number of hydrogen-bond acceptors (Lipinski definition) is 2. The number of nitrogens with one attached hydrogen (secondary N) is 1. The van der Waals surface area contributed by atoms with Crippen molar-refractivity contribution in [3.63, 3.8) is 0 Å². The fourth-order valence-electron chi connectivity index (χ4n) is 2.41. The molecule has 0 unspecified atom stereocenters. The lowest BCUT2D eigenvalue weighted by molar-refractivity contribution is -0.842. The summed E-state index contributed by atoms with van der Waals surface area (Å²) in [6.45, 7) is 4.95. The third-order valence-corrected chi connectivity index (χ3v) is 4.43. The normalized spacial score (nSPS) is 16.6. The molecule has 3 N–H and O–H groups in total. The van der Waals surface area contributed by atoms with Crippen LogP contribution in [0.1, 0.15) is 4.88 Å². The Morgan fingerprint density at radius 3 is 2.58 bits per heavy atom. The van der Waals surface area contributed by atoms with Crippen molar-refractivity contribution in [2.75, 3.05) is 26.3 Å². The summed E-state index contributed by atoms with van der Waals surface area (Å²) in [7, 11) is 0. The highest BCUT2D eigenvalue weighted by Crippen LogP contribution is 2.09. The lowest BCUT2D eigenvalue weighted by Gasteiger charge is -2.23. The van der Waals surface area contributed by atoms with Crippen LogP contribution in [0.2, 0.25) is 0 Å². The standard InChI is InChI=1S/C15H18N2OS/c1-2-15(19-11-1)12-16-13-3-5-14(6-4-13)17-7-9-18-10-8-17/h1-6,11,16H,7-10,12H2/p+2. The van der Waals surface area contributed by atoms with Crippen molar-refractivity contribution in [2.24, 2.45) is 0 Å². The predicted octanol–water partition coefficient (Wildman–Crippen LogP) is 0.690. The number of quaternary nitrogens is 2. The van der Waals surface area contributed by atoms with Crippen LogP contribution < -0.4 is 10.2 Å². The van der Waals surface area contributed by atoms with Gasteiger partial charge in [0.05, 0.1) is 18.1 Å². The summed E-state index contributed by atoms with van der Waals surface area (Å²) in [5, 5.41) is 4.43. The van der Waals surface area contributed by atoms with Gasteiger partial charge in [-0.05, 0) is 11.4 Å². The molecule has 1 aliphatic rings. The van der Waals surface area contributed by atoms with Crippen molar-refractivity contribution in [2.45, 2.75) is 6.54 Å². The van der Waals surface area contributed by atoms with Crippen LogP contribution in [-0.2, 0) is 11.3 Å². The first-order valence-corrected chi connectivity index (χ1v) is 7.68. The number of ether oxygens (including phenoxy) is 1. The Morgan fingerprint density at radius 2 is 1.89 bits per heavy atom. The Bertz CT molecular complexity index is 489. The Kier molecular flexibility index (Phi) is 4.25. The van der Waals surface area contributed by atoms with Crippen molar-refractivity contribution in [3.05, 3.63) is 46.7 Å². The van der Waals surface area contributed by atoms with Crippen LogP contribution in [0.4, 0.5) is 11.4 Å². The average molecular weight is 276 g/mol. The van der Waals surface area contributed by atoms with Gasteiger partial charge in [0.2, 0.25) is 0 Å². The highest BCUT2D eigenvalue weighted by molar-refractivity contribution is 7.09. The molecule has 2 aromatic rings. The lowest BCUT2D eigenvalue weighted by atomic mass is 10.2. The molecule has 1 aromatic heterocycles. The van der Waals surface area contributed by atoms with Crippen LogP contribution in [-0.4, -0.2) is 26.3 Å². The molecule has 0 atom stereocenters. The highest BCUT2D eigenvalue weighted by atomic mass is 32.1. The van der Waals surface area contributed by atoms with E-state index in [4.69, 9.17) is 4.74 Å². The van der Waals surface area contributed by atoms with Crippen LogP contribution in [0.25, 0.3) is 0 Å². The maximum atomic E-state index is 5.40. The molecular weight excluding hydrogens is 256 g/mol. The SMILES string of the molecule is c1csc(C[NH2+]c2ccc([NH+]3CCOCC3)cc2)c1. The van der Waals surface area contributed by atoms with Crippen LogP contribution >= 0.6 is 11.3 Å². The summed E-state index contributed by atoms with van der Waals surface area (Å²) < 4.78 is 5.40. The molecule has 3 rings (SSSR count). The number of hydrogen-bond donors (Lipinski definition) is 2. The van der Waals surface area contributed by atoms with Crippen LogP contribution in [0, 0.1) is 0 Å². The Balaban J connectivity index is 1.58. The Hall–Kier alpha value is -1.20. The minimum atomic E-state index is 0.877. The minimum Gasteiger partial charge on any atom is -0.370 e. The van der Waals surface area contributed by atoms with Gasteiger partial charge < -0.3 is 10.1 Å². The minimum absolute atomic E-state index is 0.877. The fourth-order valence-corrected chi connectivity index (χ4v) is 3.08. The molecule has 0 bridgehead atoms. The molecule has 2 heterocycles. The van der Waals surface area contributed by atoms with E-state index in [-0.39, 0.29) is 0 Å². The molecule has 1 aromatic carbocycles. The molecule has 1 saturated heterocycles. The van der Waals surface area contributed by atoms with Crippen molar-refractivity contribution in [1.82, 2.24) is 0 Å². The van der Waals surface area contributed by atoms with Gasteiger partial charge in [0.25, 0.3) is 0 Å². The van der Waals surface area contributed by atoms with Gasteiger partial charge in [0, 0.05) is 24.3 Å². The van der Waals surface area contributed by atoms with E-state index in [1.807, 2.05) is 11.3 Å². The smallest absolute Gasteiger partial charge is 0.131 e. The Labute approximate surface area is 117 Å². The van der Waals surface area contributed by atoms with Gasteiger partial charge in [-0.3, -0.25) is 4.90 Å². The van der Waals surface area contributed by atoms with Gasteiger partial charge in [0.15, 0.2) is 0 Å². The van der Waals surface area contributed by atoms with E-state index in [9.17, 15) is 0 Å². The molecule has 0 radical (unpaired) electrons. The summed E-state index contributed by atoms with van der Waals surface area (Å²) in [6, 6.07) is 13.3. The third kappa shape index (κ3) is 3.42. The first-order chi connectivity index (χ1) is 9.42. The second-order valence-electron chi connectivity index (χ2n) is 4.83. The number of nitrogens with two attached hydrogens (primary N) is 1. The van der Waals surface area contributed by atoms with E-state index >= 15 is 0 Å². The van der Waals surface area contributed by atoms with E-state index < -0.39 is 0 Å². The summed E-state index contributed by atoms with van der Waals surface area (Å²) in [5.41, 5.74) is 2.70. The lowest BCUT2D eigenvalue weighted by Crippen LogP contribution is -3.09. The first-order valence-electron chi connectivity index (χ1n) is 6.80. The molecule has 0 saturated carbocycles. The summed E-state index contributed by atoms with van der Waals surface area (Å²) >= 11 is 1.82. The molecule has 3 nitrogen and oxygen atoms in total.